The van der Waals surface area contributed by atoms with Gasteiger partial charge in [-0.3, -0.25) is 4.79 Å². The van der Waals surface area contributed by atoms with Crippen molar-refractivity contribution in [1.82, 2.24) is 0 Å². The van der Waals surface area contributed by atoms with Crippen molar-refractivity contribution < 1.29 is 9.59 Å². The van der Waals surface area contributed by atoms with E-state index in [-0.39, 0.29) is 5.78 Å². The molecule has 0 aliphatic carbocycles. The van der Waals surface area contributed by atoms with Gasteiger partial charge in [0.15, 0.2) is 0 Å². The molecule has 0 unspecified atom stereocenters. The Balaban J connectivity index is 0. The van der Waals surface area contributed by atoms with Gasteiger partial charge in [-0.25, -0.2) is 0 Å². The predicted octanol–water partition coefficient (Wildman–Crippen LogP) is 1.28. The smallest absolute Gasteiger partial charge is 0.240 e. The van der Waals surface area contributed by atoms with Gasteiger partial charge < -0.3 is 10.5 Å². The van der Waals surface area contributed by atoms with Gasteiger partial charge in [0.05, 0.1) is 0 Å². The molecule has 0 saturated heterocycles. The van der Waals surface area contributed by atoms with Crippen LogP contribution in [0.1, 0.15) is 27.2 Å². The maximum atomic E-state index is 10.3. The molecule has 0 aromatic heterocycles. The molecule has 3 heteroatoms. The molecule has 0 aromatic rings. The van der Waals surface area contributed by atoms with Crippen LogP contribution in [0.2, 0.25) is 0 Å². The third kappa shape index (κ3) is 23.2. The predicted molar refractivity (Wildman–Crippen MR) is 49.5 cm³/mol. The summed E-state index contributed by atoms with van der Waals surface area (Å²) in [5.74, 6) is 0.331. The van der Waals surface area contributed by atoms with E-state index in [2.05, 4.69) is 12.3 Å². The number of hydrogen-bond acceptors (Lipinski definition) is 2. The van der Waals surface area contributed by atoms with E-state index in [1.807, 2.05) is 13.8 Å². The summed E-state index contributed by atoms with van der Waals surface area (Å²) in [6, 6.07) is 0. The second-order valence-corrected chi connectivity index (χ2v) is 2.91. The second kappa shape index (κ2) is 7.98. The molecule has 2 N–H and O–H groups in total. The van der Waals surface area contributed by atoms with E-state index < -0.39 is 5.91 Å². The first-order chi connectivity index (χ1) is 5.40. The second-order valence-electron chi connectivity index (χ2n) is 2.91. The Morgan fingerprint density at radius 2 is 1.83 bits per heavy atom. The SMILES string of the molecule is C=CC(N)=O.CC(=O)CC(C)C. The number of primary amides is 1. The average Bonchev–Trinajstić information content (AvgIpc) is 1.85. The molecule has 0 heterocycles. The normalized spacial score (nSPS) is 8.33. The summed E-state index contributed by atoms with van der Waals surface area (Å²) in [5, 5.41) is 0. The average molecular weight is 171 g/mol. The third-order valence-electron chi connectivity index (χ3n) is 0.897. The Bertz CT molecular complexity index is 162. The largest absolute Gasteiger partial charge is 0.366 e. The van der Waals surface area contributed by atoms with Crippen LogP contribution < -0.4 is 5.73 Å². The van der Waals surface area contributed by atoms with Crippen LogP contribution in [0.5, 0.6) is 0 Å². The van der Waals surface area contributed by atoms with Crippen LogP contribution in [-0.2, 0) is 9.59 Å². The molecule has 0 aromatic carbocycles. The Hall–Kier alpha value is -1.12. The zero-order valence-electron chi connectivity index (χ0n) is 7.96. The van der Waals surface area contributed by atoms with E-state index in [9.17, 15) is 9.59 Å². The summed E-state index contributed by atoms with van der Waals surface area (Å²) in [4.78, 5) is 19.7. The van der Waals surface area contributed by atoms with Gasteiger partial charge in [-0.15, -0.1) is 0 Å². The van der Waals surface area contributed by atoms with E-state index in [1.54, 1.807) is 6.92 Å². The Morgan fingerprint density at radius 3 is 1.83 bits per heavy atom. The number of Topliss-reactive ketones (excluding diaryl/α,β-unsaturated/α-hetero) is 1. The van der Waals surface area contributed by atoms with E-state index in [1.165, 1.54) is 0 Å². The minimum atomic E-state index is -0.481. The van der Waals surface area contributed by atoms with Gasteiger partial charge in [-0.2, -0.15) is 0 Å². The van der Waals surface area contributed by atoms with Crippen LogP contribution in [0.25, 0.3) is 0 Å². The molecular weight excluding hydrogens is 154 g/mol. The third-order valence-corrected chi connectivity index (χ3v) is 0.897. The summed E-state index contributed by atoms with van der Waals surface area (Å²) in [5.41, 5.74) is 4.53. The van der Waals surface area contributed by atoms with Gasteiger partial charge in [-0.1, -0.05) is 20.4 Å². The first-order valence-corrected chi connectivity index (χ1v) is 3.81. The van der Waals surface area contributed by atoms with Crippen molar-refractivity contribution in [2.45, 2.75) is 27.2 Å². The van der Waals surface area contributed by atoms with E-state index >= 15 is 0 Å². The summed E-state index contributed by atoms with van der Waals surface area (Å²) in [6.07, 6.45) is 1.78. The van der Waals surface area contributed by atoms with Crippen LogP contribution in [0.15, 0.2) is 12.7 Å². The molecular formula is C9H17NO2. The number of amides is 1. The number of hydrogen-bond donors (Lipinski definition) is 1. The highest BCUT2D eigenvalue weighted by atomic mass is 16.1. The van der Waals surface area contributed by atoms with Crippen LogP contribution in [0.3, 0.4) is 0 Å². The molecule has 0 aliphatic rings. The molecule has 0 saturated carbocycles. The Kier molecular flexibility index (Phi) is 8.96. The van der Waals surface area contributed by atoms with Gasteiger partial charge in [-0.05, 0) is 18.9 Å². The highest BCUT2D eigenvalue weighted by molar-refractivity contribution is 5.84. The molecule has 0 bridgehead atoms. The fourth-order valence-corrected chi connectivity index (χ4v) is 0.575. The topological polar surface area (TPSA) is 60.2 Å². The van der Waals surface area contributed by atoms with Crippen molar-refractivity contribution in [2.75, 3.05) is 0 Å². The van der Waals surface area contributed by atoms with Crippen LogP contribution >= 0.6 is 0 Å². The van der Waals surface area contributed by atoms with E-state index in [0.29, 0.717) is 5.92 Å². The molecule has 0 aliphatic heterocycles. The van der Waals surface area contributed by atoms with Gasteiger partial charge in [0, 0.05) is 6.42 Å². The minimum Gasteiger partial charge on any atom is -0.366 e. The Morgan fingerprint density at radius 1 is 1.50 bits per heavy atom. The number of ketones is 1. The number of carbonyl (C=O) groups is 2. The molecule has 12 heavy (non-hydrogen) atoms. The van der Waals surface area contributed by atoms with Crippen molar-refractivity contribution in [1.29, 1.82) is 0 Å². The molecule has 0 spiro atoms. The van der Waals surface area contributed by atoms with Gasteiger partial charge in [0.25, 0.3) is 0 Å². The summed E-state index contributed by atoms with van der Waals surface area (Å²) >= 11 is 0. The number of rotatable bonds is 3. The number of carbonyl (C=O) groups excluding carboxylic acids is 2. The van der Waals surface area contributed by atoms with Crippen LogP contribution in [-0.4, -0.2) is 11.7 Å². The fraction of sp³-hybridized carbons (Fsp3) is 0.556. The van der Waals surface area contributed by atoms with Crippen molar-refractivity contribution in [3.05, 3.63) is 12.7 Å². The summed E-state index contributed by atoms with van der Waals surface area (Å²) in [6.45, 7) is 8.80. The lowest BCUT2D eigenvalue weighted by Gasteiger charge is -1.95. The lowest BCUT2D eigenvalue weighted by Crippen LogP contribution is -2.04. The zero-order chi connectivity index (χ0) is 10.1. The van der Waals surface area contributed by atoms with Crippen LogP contribution in [0.4, 0.5) is 0 Å². The highest BCUT2D eigenvalue weighted by Gasteiger charge is 1.95. The summed E-state index contributed by atoms with van der Waals surface area (Å²) < 4.78 is 0. The standard InChI is InChI=1S/C6H12O.C3H5NO/c1-5(2)4-6(3)7;1-2-3(4)5/h5H,4H2,1-3H3;2H,1H2,(H2,4,5). The lowest BCUT2D eigenvalue weighted by molar-refractivity contribution is -0.117. The molecule has 0 radical (unpaired) electrons. The highest BCUT2D eigenvalue weighted by Crippen LogP contribution is 1.97. The molecule has 0 fully saturated rings. The van der Waals surface area contributed by atoms with Crippen molar-refractivity contribution >= 4 is 11.7 Å². The van der Waals surface area contributed by atoms with Crippen molar-refractivity contribution in [2.24, 2.45) is 11.7 Å². The monoisotopic (exact) mass is 171 g/mol. The lowest BCUT2D eigenvalue weighted by atomic mass is 10.1. The van der Waals surface area contributed by atoms with Crippen LogP contribution in [0, 0.1) is 5.92 Å². The van der Waals surface area contributed by atoms with Crippen molar-refractivity contribution in [3.63, 3.8) is 0 Å². The first kappa shape index (κ1) is 13.5. The van der Waals surface area contributed by atoms with Gasteiger partial charge in [0.1, 0.15) is 5.78 Å². The molecule has 3 nitrogen and oxygen atoms in total. The van der Waals surface area contributed by atoms with Gasteiger partial charge in [0.2, 0.25) is 5.91 Å². The molecule has 70 valence electrons. The molecule has 0 rings (SSSR count). The van der Waals surface area contributed by atoms with Crippen molar-refractivity contribution in [3.8, 4) is 0 Å². The zero-order valence-corrected chi connectivity index (χ0v) is 7.96. The Labute approximate surface area is 73.6 Å². The number of nitrogens with two attached hydrogens (primary N) is 1. The van der Waals surface area contributed by atoms with E-state index in [4.69, 9.17) is 0 Å². The first-order valence-electron chi connectivity index (χ1n) is 3.81. The minimum absolute atomic E-state index is 0.287. The molecule has 0 atom stereocenters. The fourth-order valence-electron chi connectivity index (χ4n) is 0.575. The summed E-state index contributed by atoms with van der Waals surface area (Å²) in [7, 11) is 0. The molecule has 1 amide bonds. The maximum absolute atomic E-state index is 10.3. The van der Waals surface area contributed by atoms with Gasteiger partial charge >= 0.3 is 0 Å². The maximum Gasteiger partial charge on any atom is 0.240 e. The quantitative estimate of drug-likeness (QED) is 0.650. The van der Waals surface area contributed by atoms with E-state index in [0.717, 1.165) is 12.5 Å².